The highest BCUT2D eigenvalue weighted by Crippen LogP contribution is 2.32. The van der Waals surface area contributed by atoms with Gasteiger partial charge in [-0.15, -0.1) is 0 Å². The van der Waals surface area contributed by atoms with Gasteiger partial charge in [-0.3, -0.25) is 19.8 Å². The predicted octanol–water partition coefficient (Wildman–Crippen LogP) is 4.62. The largest absolute Gasteiger partial charge is 0.462 e. The smallest absolute Gasteiger partial charge is 0.339 e. The van der Waals surface area contributed by atoms with E-state index >= 15 is 0 Å². The van der Waals surface area contributed by atoms with Gasteiger partial charge in [0, 0.05) is 18.0 Å². The maximum atomic E-state index is 13.0. The van der Waals surface area contributed by atoms with Gasteiger partial charge < -0.3 is 4.74 Å². The number of esters is 1. The maximum Gasteiger partial charge on any atom is 0.339 e. The van der Waals surface area contributed by atoms with Gasteiger partial charge in [0.25, 0.3) is 10.0 Å². The van der Waals surface area contributed by atoms with Crippen LogP contribution in [0, 0.1) is 0 Å². The highest BCUT2D eigenvalue weighted by atomic mass is 32.2. The lowest BCUT2D eigenvalue weighted by Crippen LogP contribution is -2.13. The van der Waals surface area contributed by atoms with Crippen molar-refractivity contribution in [2.24, 2.45) is 0 Å². The molecule has 2 N–H and O–H groups in total. The monoisotopic (exact) mass is 528 g/mol. The number of fused-ring (bicyclic) bond motifs is 1. The van der Waals surface area contributed by atoms with Crippen LogP contribution in [0.2, 0.25) is 0 Å². The van der Waals surface area contributed by atoms with E-state index in [9.17, 15) is 13.2 Å². The molecule has 0 radical (unpaired) electrons. The van der Waals surface area contributed by atoms with Crippen molar-refractivity contribution in [1.29, 1.82) is 0 Å². The number of carbonyl (C=O) groups is 1. The number of sulfonamides is 1. The number of nitrogens with zero attached hydrogens (tertiary/aromatic N) is 4. The van der Waals surface area contributed by atoms with E-state index in [1.54, 1.807) is 31.3 Å². The van der Waals surface area contributed by atoms with Crippen LogP contribution in [0.5, 0.6) is 0 Å². The molecular weight excluding hydrogens is 504 g/mol. The van der Waals surface area contributed by atoms with E-state index < -0.39 is 16.0 Å². The number of anilines is 1. The molecule has 0 fully saturated rings. The molecule has 0 amide bonds. The Morgan fingerprint density at radius 1 is 1.03 bits per heavy atom. The van der Waals surface area contributed by atoms with E-state index in [2.05, 4.69) is 36.8 Å². The lowest BCUT2D eigenvalue weighted by atomic mass is 10.0. The molecule has 10 nitrogen and oxygen atoms in total. The second-order valence-corrected chi connectivity index (χ2v) is 10.0. The molecule has 192 valence electrons. The predicted molar refractivity (Wildman–Crippen MR) is 143 cm³/mol. The normalized spacial score (nSPS) is 11.4. The lowest BCUT2D eigenvalue weighted by Gasteiger charge is -2.09. The van der Waals surface area contributed by atoms with Gasteiger partial charge in [-0.1, -0.05) is 31.2 Å². The molecule has 0 spiro atoms. The number of aryl methyl sites for hydroxylation is 1. The van der Waals surface area contributed by atoms with Gasteiger partial charge in [0.05, 0.1) is 46.5 Å². The van der Waals surface area contributed by atoms with Crippen LogP contribution in [-0.2, 0) is 21.2 Å². The molecule has 0 unspecified atom stereocenters. The molecule has 0 aliphatic heterocycles. The summed E-state index contributed by atoms with van der Waals surface area (Å²) in [5.74, 6) is -0.520. The summed E-state index contributed by atoms with van der Waals surface area (Å²) in [6, 6.07) is 15.7. The minimum atomic E-state index is -3.87. The molecule has 0 aliphatic rings. The molecule has 0 atom stereocenters. The molecule has 4 heterocycles. The Hall–Kier alpha value is -4.64. The molecule has 5 rings (SSSR count). The zero-order chi connectivity index (χ0) is 26.7. The average Bonchev–Trinajstić information content (AvgIpc) is 3.37. The molecule has 0 bridgehead atoms. The maximum absolute atomic E-state index is 13.0. The van der Waals surface area contributed by atoms with Crippen molar-refractivity contribution in [1.82, 2.24) is 25.1 Å². The zero-order valence-electron chi connectivity index (χ0n) is 20.7. The molecule has 0 aliphatic carbocycles. The number of rotatable bonds is 8. The van der Waals surface area contributed by atoms with Gasteiger partial charge in [0.15, 0.2) is 5.65 Å². The summed E-state index contributed by atoms with van der Waals surface area (Å²) >= 11 is 0. The number of aromatic nitrogens is 5. The van der Waals surface area contributed by atoms with Gasteiger partial charge in [-0.25, -0.2) is 18.2 Å². The van der Waals surface area contributed by atoms with Gasteiger partial charge in [0.1, 0.15) is 4.90 Å². The Bertz CT molecular complexity index is 1700. The number of benzene rings is 1. The van der Waals surface area contributed by atoms with Crippen LogP contribution < -0.4 is 4.72 Å². The summed E-state index contributed by atoms with van der Waals surface area (Å²) in [6.07, 6.45) is 5.10. The van der Waals surface area contributed by atoms with Crippen LogP contribution in [0.3, 0.4) is 0 Å². The first kappa shape index (κ1) is 25.0. The fourth-order valence-corrected chi connectivity index (χ4v) is 4.96. The van der Waals surface area contributed by atoms with Crippen LogP contribution in [-0.4, -0.2) is 46.1 Å². The number of hydrogen-bond donors (Lipinski definition) is 2. The average molecular weight is 529 g/mol. The van der Waals surface area contributed by atoms with Crippen molar-refractivity contribution in [3.63, 3.8) is 0 Å². The Kier molecular flexibility index (Phi) is 6.84. The quantitative estimate of drug-likeness (QED) is 0.278. The first-order valence-corrected chi connectivity index (χ1v) is 13.4. The number of carbonyl (C=O) groups excluding carboxylic acids is 1. The third kappa shape index (κ3) is 4.96. The standard InChI is InChI=1S/C27H24N6O4S/c1-3-17-7-9-18(10-8-17)25-24-21(27(34)37-4-2)14-23(30-26(24)32-31-25)22-12-11-20(16-29-22)38(35,36)33-19-6-5-13-28-15-19/h5-16,33H,3-4H2,1-2H3,(H,30,31,32). The molecule has 4 aromatic heterocycles. The molecule has 38 heavy (non-hydrogen) atoms. The van der Waals surface area contributed by atoms with Gasteiger partial charge >= 0.3 is 5.97 Å². The summed E-state index contributed by atoms with van der Waals surface area (Å²) in [6.45, 7) is 4.01. The first-order chi connectivity index (χ1) is 18.4. The minimum absolute atomic E-state index is 0.0330. The van der Waals surface area contributed by atoms with Crippen molar-refractivity contribution in [3.8, 4) is 22.6 Å². The Morgan fingerprint density at radius 3 is 2.50 bits per heavy atom. The first-order valence-electron chi connectivity index (χ1n) is 11.9. The Balaban J connectivity index is 1.54. The van der Waals surface area contributed by atoms with E-state index in [-0.39, 0.29) is 17.1 Å². The summed E-state index contributed by atoms with van der Waals surface area (Å²) in [5.41, 5.74) is 4.36. The van der Waals surface area contributed by atoms with E-state index in [1.165, 1.54) is 30.1 Å². The van der Waals surface area contributed by atoms with Crippen LogP contribution in [0.4, 0.5) is 5.69 Å². The molecule has 11 heteroatoms. The fourth-order valence-electron chi connectivity index (χ4n) is 3.97. The van der Waals surface area contributed by atoms with Crippen LogP contribution in [0.25, 0.3) is 33.7 Å². The molecule has 0 saturated heterocycles. The molecule has 5 aromatic rings. The summed E-state index contributed by atoms with van der Waals surface area (Å²) in [4.78, 5) is 25.8. The van der Waals surface area contributed by atoms with Gasteiger partial charge in [-0.2, -0.15) is 5.10 Å². The van der Waals surface area contributed by atoms with Gasteiger partial charge in [-0.05, 0) is 49.2 Å². The molecule has 0 saturated carbocycles. The molecule has 1 aromatic carbocycles. The number of hydrogen-bond acceptors (Lipinski definition) is 8. The summed E-state index contributed by atoms with van der Waals surface area (Å²) < 4.78 is 33.3. The van der Waals surface area contributed by atoms with Crippen molar-refractivity contribution in [2.45, 2.75) is 25.2 Å². The topological polar surface area (TPSA) is 140 Å². The summed E-state index contributed by atoms with van der Waals surface area (Å²) in [7, 11) is -3.87. The third-order valence-corrected chi connectivity index (χ3v) is 7.26. The van der Waals surface area contributed by atoms with E-state index in [0.29, 0.717) is 33.8 Å². The second kappa shape index (κ2) is 10.4. The number of H-pyrrole nitrogens is 1. The van der Waals surface area contributed by atoms with Crippen LogP contribution >= 0.6 is 0 Å². The van der Waals surface area contributed by atoms with E-state index in [1.807, 2.05) is 24.3 Å². The minimum Gasteiger partial charge on any atom is -0.462 e. The van der Waals surface area contributed by atoms with Crippen molar-refractivity contribution in [3.05, 3.63) is 84.3 Å². The third-order valence-electron chi connectivity index (χ3n) is 5.89. The van der Waals surface area contributed by atoms with Gasteiger partial charge in [0.2, 0.25) is 0 Å². The highest BCUT2D eigenvalue weighted by molar-refractivity contribution is 7.92. The summed E-state index contributed by atoms with van der Waals surface area (Å²) in [5, 5.41) is 7.89. The van der Waals surface area contributed by atoms with Crippen molar-refractivity contribution < 1.29 is 17.9 Å². The molecular formula is C27H24N6O4S. The number of nitrogens with one attached hydrogen (secondary N) is 2. The van der Waals surface area contributed by atoms with Crippen molar-refractivity contribution in [2.75, 3.05) is 11.3 Å². The Morgan fingerprint density at radius 2 is 1.84 bits per heavy atom. The van der Waals surface area contributed by atoms with E-state index in [4.69, 9.17) is 4.74 Å². The van der Waals surface area contributed by atoms with Crippen LogP contribution in [0.1, 0.15) is 29.8 Å². The zero-order valence-corrected chi connectivity index (χ0v) is 21.5. The van der Waals surface area contributed by atoms with E-state index in [0.717, 1.165) is 12.0 Å². The number of ether oxygens (including phenoxy) is 1. The Labute approximate surface area is 219 Å². The second-order valence-electron chi connectivity index (χ2n) is 8.35. The lowest BCUT2D eigenvalue weighted by molar-refractivity contribution is 0.0528. The number of pyridine rings is 3. The number of aromatic amines is 1. The van der Waals surface area contributed by atoms with Crippen molar-refractivity contribution >= 4 is 32.7 Å². The SMILES string of the molecule is CCOC(=O)c1cc(-c2ccc(S(=O)(=O)Nc3cccnc3)cn2)nc2n[nH]c(-c3ccc(CC)cc3)c12. The highest BCUT2D eigenvalue weighted by Gasteiger charge is 2.22. The fraction of sp³-hybridized carbons (Fsp3) is 0.148. The van der Waals surface area contributed by atoms with Crippen LogP contribution in [0.15, 0.2) is 78.1 Å².